The van der Waals surface area contributed by atoms with E-state index in [0.717, 1.165) is 18.4 Å². The molecule has 0 aromatic heterocycles. The van der Waals surface area contributed by atoms with Crippen molar-refractivity contribution < 1.29 is 13.2 Å². The molecule has 0 bridgehead atoms. The number of carbonyl (C=O) groups excluding carboxylic acids is 1. The van der Waals surface area contributed by atoms with E-state index in [9.17, 15) is 13.2 Å². The van der Waals surface area contributed by atoms with Gasteiger partial charge in [-0.05, 0) is 42.7 Å². The van der Waals surface area contributed by atoms with Crippen LogP contribution in [0, 0.1) is 0 Å². The second kappa shape index (κ2) is 8.67. The maximum Gasteiger partial charge on any atom is 0.251 e. The van der Waals surface area contributed by atoms with Crippen LogP contribution in [0.15, 0.2) is 59.5 Å². The Morgan fingerprint density at radius 1 is 1.04 bits per heavy atom. The minimum atomic E-state index is -3.54. The van der Waals surface area contributed by atoms with Gasteiger partial charge in [-0.25, -0.2) is 8.42 Å². The van der Waals surface area contributed by atoms with Gasteiger partial charge >= 0.3 is 0 Å². The normalized spacial score (nSPS) is 15.2. The smallest absolute Gasteiger partial charge is 0.251 e. The van der Waals surface area contributed by atoms with E-state index in [1.807, 2.05) is 19.1 Å². The molecule has 3 rings (SSSR count). The molecule has 0 spiro atoms. The quantitative estimate of drug-likeness (QED) is 0.791. The molecular formula is C21H26N2O3S. The van der Waals surface area contributed by atoms with Crippen molar-refractivity contribution in [1.82, 2.24) is 9.62 Å². The number of benzene rings is 2. The molecule has 0 atom stereocenters. The summed E-state index contributed by atoms with van der Waals surface area (Å²) in [5, 5.41) is 3.07. The summed E-state index contributed by atoms with van der Waals surface area (Å²) in [5.41, 5.74) is 1.47. The Balaban J connectivity index is 1.68. The second-order valence-electron chi connectivity index (χ2n) is 6.90. The van der Waals surface area contributed by atoms with E-state index in [4.69, 9.17) is 0 Å². The first kappa shape index (κ1) is 19.6. The first-order valence-corrected chi connectivity index (χ1v) is 10.9. The first-order chi connectivity index (χ1) is 13.0. The number of hydrogen-bond acceptors (Lipinski definition) is 3. The fraction of sp³-hybridized carbons (Fsp3) is 0.381. The van der Waals surface area contributed by atoms with Gasteiger partial charge in [0, 0.05) is 24.7 Å². The molecule has 1 N–H and O–H groups in total. The van der Waals surface area contributed by atoms with E-state index in [1.54, 1.807) is 42.5 Å². The predicted molar refractivity (Wildman–Crippen MR) is 106 cm³/mol. The number of sulfonamides is 1. The van der Waals surface area contributed by atoms with E-state index in [0.29, 0.717) is 17.0 Å². The van der Waals surface area contributed by atoms with Crippen molar-refractivity contribution in [2.45, 2.75) is 50.1 Å². The predicted octanol–water partition coefficient (Wildman–Crippen LogP) is 3.57. The van der Waals surface area contributed by atoms with Crippen molar-refractivity contribution in [3.8, 4) is 0 Å². The molecule has 5 nitrogen and oxygen atoms in total. The van der Waals surface area contributed by atoms with Crippen molar-refractivity contribution in [3.05, 3.63) is 65.7 Å². The third-order valence-corrected chi connectivity index (χ3v) is 6.93. The van der Waals surface area contributed by atoms with Gasteiger partial charge in [0.05, 0.1) is 4.90 Å². The number of nitrogens with zero attached hydrogens (tertiary/aromatic N) is 1. The lowest BCUT2D eigenvalue weighted by molar-refractivity contribution is 0.0938. The molecule has 1 aliphatic rings. The number of amides is 1. The van der Waals surface area contributed by atoms with Crippen LogP contribution in [0.3, 0.4) is 0 Å². The van der Waals surface area contributed by atoms with Gasteiger partial charge in [0.2, 0.25) is 10.0 Å². The van der Waals surface area contributed by atoms with Crippen LogP contribution in [0.5, 0.6) is 0 Å². The van der Waals surface area contributed by atoms with E-state index in [-0.39, 0.29) is 18.5 Å². The fourth-order valence-electron chi connectivity index (χ4n) is 3.41. The highest BCUT2D eigenvalue weighted by molar-refractivity contribution is 7.89. The summed E-state index contributed by atoms with van der Waals surface area (Å²) < 4.78 is 27.0. The Morgan fingerprint density at radius 2 is 1.67 bits per heavy atom. The third-order valence-electron chi connectivity index (χ3n) is 5.00. The second-order valence-corrected chi connectivity index (χ2v) is 8.83. The van der Waals surface area contributed by atoms with Gasteiger partial charge in [0.15, 0.2) is 0 Å². The van der Waals surface area contributed by atoms with Crippen molar-refractivity contribution in [2.24, 2.45) is 0 Å². The number of nitrogens with one attached hydrogen (secondary N) is 1. The number of carbonyl (C=O) groups is 1. The van der Waals surface area contributed by atoms with Gasteiger partial charge in [-0.1, -0.05) is 50.1 Å². The number of rotatable bonds is 7. The topological polar surface area (TPSA) is 66.5 Å². The fourth-order valence-corrected chi connectivity index (χ4v) is 4.87. The van der Waals surface area contributed by atoms with E-state index in [2.05, 4.69) is 5.32 Å². The molecule has 0 heterocycles. The van der Waals surface area contributed by atoms with Gasteiger partial charge in [-0.3, -0.25) is 4.79 Å². The summed E-state index contributed by atoms with van der Waals surface area (Å²) in [6, 6.07) is 15.9. The lowest BCUT2D eigenvalue weighted by atomic mass is 10.1. The zero-order valence-electron chi connectivity index (χ0n) is 15.6. The zero-order valence-corrected chi connectivity index (χ0v) is 16.4. The molecule has 0 unspecified atom stereocenters. The van der Waals surface area contributed by atoms with Gasteiger partial charge in [0.25, 0.3) is 5.91 Å². The molecule has 0 saturated heterocycles. The van der Waals surface area contributed by atoms with Crippen LogP contribution < -0.4 is 5.32 Å². The van der Waals surface area contributed by atoms with Gasteiger partial charge in [0.1, 0.15) is 0 Å². The Bertz CT molecular complexity index is 858. The molecule has 144 valence electrons. The summed E-state index contributed by atoms with van der Waals surface area (Å²) in [5.74, 6) is -0.0577. The van der Waals surface area contributed by atoms with Crippen molar-refractivity contribution in [3.63, 3.8) is 0 Å². The van der Waals surface area contributed by atoms with Gasteiger partial charge < -0.3 is 5.32 Å². The Kier molecular flexibility index (Phi) is 6.29. The van der Waals surface area contributed by atoms with E-state index >= 15 is 0 Å². The lowest BCUT2D eigenvalue weighted by Gasteiger charge is -2.21. The third kappa shape index (κ3) is 4.76. The lowest BCUT2D eigenvalue weighted by Crippen LogP contribution is -2.32. The molecule has 1 aliphatic carbocycles. The van der Waals surface area contributed by atoms with Crippen molar-refractivity contribution in [1.29, 1.82) is 0 Å². The molecule has 1 fully saturated rings. The molecule has 0 aliphatic heterocycles. The molecular weight excluding hydrogens is 360 g/mol. The summed E-state index contributed by atoms with van der Waals surface area (Å²) in [4.78, 5) is 12.6. The highest BCUT2D eigenvalue weighted by Gasteiger charge is 2.23. The maximum atomic E-state index is 12.8. The minimum Gasteiger partial charge on any atom is -0.349 e. The molecule has 2 aromatic carbocycles. The highest BCUT2D eigenvalue weighted by atomic mass is 32.2. The van der Waals surface area contributed by atoms with Crippen LogP contribution in [0.4, 0.5) is 0 Å². The van der Waals surface area contributed by atoms with Crippen molar-refractivity contribution >= 4 is 15.9 Å². The summed E-state index contributed by atoms with van der Waals surface area (Å²) in [6.07, 6.45) is 4.44. The summed E-state index contributed by atoms with van der Waals surface area (Å²) in [7, 11) is -3.54. The largest absolute Gasteiger partial charge is 0.349 e. The van der Waals surface area contributed by atoms with Crippen LogP contribution in [0.1, 0.15) is 48.5 Å². The van der Waals surface area contributed by atoms with E-state index in [1.165, 1.54) is 17.1 Å². The summed E-state index contributed by atoms with van der Waals surface area (Å²) >= 11 is 0. The van der Waals surface area contributed by atoms with Gasteiger partial charge in [-0.2, -0.15) is 4.31 Å². The van der Waals surface area contributed by atoms with Gasteiger partial charge in [-0.15, -0.1) is 0 Å². The molecule has 0 radical (unpaired) electrons. The average Bonchev–Trinajstić information content (AvgIpc) is 3.20. The molecule has 2 aromatic rings. The minimum absolute atomic E-state index is 0.0577. The Morgan fingerprint density at radius 3 is 2.26 bits per heavy atom. The maximum absolute atomic E-state index is 12.8. The molecule has 27 heavy (non-hydrogen) atoms. The zero-order chi connectivity index (χ0) is 19.3. The van der Waals surface area contributed by atoms with Crippen LogP contribution in [0.2, 0.25) is 0 Å². The number of hydrogen-bond donors (Lipinski definition) is 1. The van der Waals surface area contributed by atoms with Crippen LogP contribution in [-0.2, 0) is 16.6 Å². The standard InChI is InChI=1S/C21H26N2O3S/c1-2-23(27(25,26)20-10-4-3-5-11-20)16-17-12-14-18(15-13-17)21(24)22-19-8-6-7-9-19/h3-5,10-15,19H,2,6-9,16H2,1H3,(H,22,24). The van der Waals surface area contributed by atoms with Crippen molar-refractivity contribution in [2.75, 3.05) is 6.54 Å². The Labute approximate surface area is 161 Å². The van der Waals surface area contributed by atoms with Crippen LogP contribution >= 0.6 is 0 Å². The van der Waals surface area contributed by atoms with Crippen LogP contribution in [0.25, 0.3) is 0 Å². The summed E-state index contributed by atoms with van der Waals surface area (Å²) in [6.45, 7) is 2.48. The molecule has 6 heteroatoms. The SMILES string of the molecule is CCN(Cc1ccc(C(=O)NC2CCCC2)cc1)S(=O)(=O)c1ccccc1. The first-order valence-electron chi connectivity index (χ1n) is 9.45. The molecule has 1 saturated carbocycles. The molecule has 1 amide bonds. The highest BCUT2D eigenvalue weighted by Crippen LogP contribution is 2.20. The van der Waals surface area contributed by atoms with Crippen LogP contribution in [-0.4, -0.2) is 31.2 Å². The monoisotopic (exact) mass is 386 g/mol. The van der Waals surface area contributed by atoms with E-state index < -0.39 is 10.0 Å². The Hall–Kier alpha value is -2.18. The average molecular weight is 387 g/mol.